The molecule has 2 aliphatic rings. The van der Waals surface area contributed by atoms with Crippen molar-refractivity contribution in [3.63, 3.8) is 0 Å². The van der Waals surface area contributed by atoms with E-state index in [1.807, 2.05) is 0 Å². The molecule has 1 saturated carbocycles. The van der Waals surface area contributed by atoms with Crippen molar-refractivity contribution < 1.29 is 10.0 Å². The minimum Gasteiger partial charge on any atom is -0.762 e. The molecule has 0 aromatic rings. The minimum absolute atomic E-state index is 0.0467. The molecule has 5 nitrogen and oxygen atoms in total. The predicted molar refractivity (Wildman–Crippen MR) is 77.2 cm³/mol. The first-order valence-electron chi connectivity index (χ1n) is 7.89. The first-order valence-corrected chi connectivity index (χ1v) is 7.89. The highest BCUT2D eigenvalue weighted by atomic mass is 16.8. The standard InChI is InChI=1S/C15H27N2O3/c1-11-6-7-12(2)16(9-11)10-15(18)13-4-3-5-14(8-13)17(19)20/h11-14,19H,3-10H2,1-2H3/q-1. The normalized spacial score (nSPS) is 36.2. The molecule has 1 aliphatic carbocycles. The zero-order valence-electron chi connectivity index (χ0n) is 12.6. The average molecular weight is 283 g/mol. The molecule has 4 atom stereocenters. The quantitative estimate of drug-likeness (QED) is 0.803. The topological polar surface area (TPSA) is 66.8 Å². The zero-order valence-corrected chi connectivity index (χ0v) is 12.6. The van der Waals surface area contributed by atoms with Crippen molar-refractivity contribution in [2.45, 2.75) is 64.5 Å². The van der Waals surface area contributed by atoms with Crippen LogP contribution in [0.25, 0.3) is 0 Å². The van der Waals surface area contributed by atoms with E-state index < -0.39 is 6.04 Å². The van der Waals surface area contributed by atoms with Gasteiger partial charge in [-0.2, -0.15) is 0 Å². The number of rotatable bonds is 4. The number of carbonyl (C=O) groups excluding carboxylic acids is 1. The number of ketones is 1. The predicted octanol–water partition coefficient (Wildman–Crippen LogP) is 2.42. The van der Waals surface area contributed by atoms with Gasteiger partial charge in [0.1, 0.15) is 5.78 Å². The van der Waals surface area contributed by atoms with E-state index >= 15 is 0 Å². The van der Waals surface area contributed by atoms with Gasteiger partial charge in [0.25, 0.3) is 0 Å². The lowest BCUT2D eigenvalue weighted by atomic mass is 9.82. The molecular formula is C15H27N2O3-. The van der Waals surface area contributed by atoms with Gasteiger partial charge in [-0.3, -0.25) is 14.9 Å². The molecule has 0 bridgehead atoms. The second-order valence-corrected chi connectivity index (χ2v) is 6.75. The first kappa shape index (κ1) is 15.9. The number of hydrogen-bond donors (Lipinski definition) is 1. The van der Waals surface area contributed by atoms with Crippen LogP contribution in [-0.4, -0.2) is 46.3 Å². The van der Waals surface area contributed by atoms with Crippen LogP contribution in [0.2, 0.25) is 0 Å². The van der Waals surface area contributed by atoms with Crippen LogP contribution >= 0.6 is 0 Å². The summed E-state index contributed by atoms with van der Waals surface area (Å²) >= 11 is 0. The van der Waals surface area contributed by atoms with Crippen molar-refractivity contribution >= 4 is 5.78 Å². The van der Waals surface area contributed by atoms with Crippen LogP contribution in [-0.2, 0) is 4.79 Å². The van der Waals surface area contributed by atoms with Crippen molar-refractivity contribution in [2.75, 3.05) is 13.1 Å². The molecule has 20 heavy (non-hydrogen) atoms. The van der Waals surface area contributed by atoms with Crippen molar-refractivity contribution in [3.8, 4) is 0 Å². The monoisotopic (exact) mass is 283 g/mol. The van der Waals surface area contributed by atoms with Gasteiger partial charge in [0.2, 0.25) is 0 Å². The van der Waals surface area contributed by atoms with Gasteiger partial charge in [0, 0.05) is 24.5 Å². The molecule has 0 spiro atoms. The fourth-order valence-electron chi connectivity index (χ4n) is 3.59. The summed E-state index contributed by atoms with van der Waals surface area (Å²) in [6.07, 6.45) is 5.32. The number of hydrogen-bond acceptors (Lipinski definition) is 5. The van der Waals surface area contributed by atoms with E-state index in [1.54, 1.807) is 0 Å². The van der Waals surface area contributed by atoms with Gasteiger partial charge in [-0.1, -0.05) is 13.3 Å². The molecule has 0 radical (unpaired) electrons. The number of piperidine rings is 1. The third-order valence-corrected chi connectivity index (χ3v) is 5.02. The van der Waals surface area contributed by atoms with Gasteiger partial charge < -0.3 is 10.4 Å². The summed E-state index contributed by atoms with van der Waals surface area (Å²) in [5.74, 6) is 0.854. The number of carbonyl (C=O) groups is 1. The van der Waals surface area contributed by atoms with Crippen LogP contribution in [0.3, 0.4) is 0 Å². The molecule has 2 fully saturated rings. The highest BCUT2D eigenvalue weighted by Gasteiger charge is 2.31. The summed E-state index contributed by atoms with van der Waals surface area (Å²) in [6, 6.07) is 0.0822. The summed E-state index contributed by atoms with van der Waals surface area (Å²) in [7, 11) is 0. The minimum atomic E-state index is -0.393. The Labute approximate surface area is 121 Å². The molecule has 4 unspecified atom stereocenters. The molecule has 0 aromatic carbocycles. The van der Waals surface area contributed by atoms with E-state index in [0.717, 1.165) is 25.8 Å². The molecule has 0 amide bonds. The van der Waals surface area contributed by atoms with Gasteiger partial charge in [-0.25, -0.2) is 0 Å². The van der Waals surface area contributed by atoms with Crippen LogP contribution in [0.15, 0.2) is 0 Å². The third-order valence-electron chi connectivity index (χ3n) is 5.02. The van der Waals surface area contributed by atoms with Crippen LogP contribution in [0.1, 0.15) is 52.4 Å². The van der Waals surface area contributed by atoms with Crippen molar-refractivity contribution in [3.05, 3.63) is 5.21 Å². The van der Waals surface area contributed by atoms with Crippen LogP contribution in [0.4, 0.5) is 0 Å². The highest BCUT2D eigenvalue weighted by molar-refractivity contribution is 5.83. The van der Waals surface area contributed by atoms with Crippen LogP contribution in [0.5, 0.6) is 0 Å². The lowest BCUT2D eigenvalue weighted by Gasteiger charge is -2.39. The Bertz CT molecular complexity index is 335. The van der Waals surface area contributed by atoms with E-state index in [0.29, 0.717) is 31.3 Å². The fraction of sp³-hybridized carbons (Fsp3) is 0.933. The number of hydroxylamine groups is 2. The Morgan fingerprint density at radius 2 is 2.05 bits per heavy atom. The lowest BCUT2D eigenvalue weighted by molar-refractivity contribution is -0.130. The number of nitrogens with zero attached hydrogens (tertiary/aromatic N) is 2. The van der Waals surface area contributed by atoms with Crippen molar-refractivity contribution in [1.82, 2.24) is 10.1 Å². The number of likely N-dealkylation sites (tertiary alicyclic amines) is 1. The zero-order chi connectivity index (χ0) is 14.7. The summed E-state index contributed by atoms with van der Waals surface area (Å²) < 4.78 is 0. The Balaban J connectivity index is 1.87. The van der Waals surface area contributed by atoms with Gasteiger partial charge >= 0.3 is 0 Å². The molecule has 0 aromatic heterocycles. The van der Waals surface area contributed by atoms with E-state index in [-0.39, 0.29) is 16.9 Å². The Hall–Kier alpha value is -0.490. The SMILES string of the molecule is CC1CCC(C)N(CC(=O)C2CCCC(N([O-])O)C2)C1. The van der Waals surface area contributed by atoms with Crippen LogP contribution in [0, 0.1) is 17.0 Å². The van der Waals surface area contributed by atoms with E-state index in [1.165, 1.54) is 6.42 Å². The maximum Gasteiger partial charge on any atom is 0.149 e. The summed E-state index contributed by atoms with van der Waals surface area (Å²) in [5.41, 5.74) is 0. The molecule has 1 heterocycles. The molecule has 116 valence electrons. The van der Waals surface area contributed by atoms with Gasteiger partial charge in [0.15, 0.2) is 0 Å². The maximum absolute atomic E-state index is 12.4. The molecule has 1 aliphatic heterocycles. The summed E-state index contributed by atoms with van der Waals surface area (Å²) in [4.78, 5) is 14.7. The molecule has 1 N–H and O–H groups in total. The Morgan fingerprint density at radius 3 is 2.75 bits per heavy atom. The summed E-state index contributed by atoms with van der Waals surface area (Å²) in [5, 5.41) is 20.1. The average Bonchev–Trinajstić information content (AvgIpc) is 2.43. The first-order chi connectivity index (χ1) is 9.47. The third kappa shape index (κ3) is 4.01. The van der Waals surface area contributed by atoms with E-state index in [2.05, 4.69) is 18.7 Å². The van der Waals surface area contributed by atoms with Crippen LogP contribution < -0.4 is 0 Å². The van der Waals surface area contributed by atoms with Gasteiger partial charge in [-0.05, 0) is 44.9 Å². The Kier molecular flexibility index (Phi) is 5.55. The highest BCUT2D eigenvalue weighted by Crippen LogP contribution is 2.29. The molecular weight excluding hydrogens is 256 g/mol. The molecule has 1 saturated heterocycles. The largest absolute Gasteiger partial charge is 0.762 e. The lowest BCUT2D eigenvalue weighted by Crippen LogP contribution is -2.46. The molecule has 2 rings (SSSR count). The van der Waals surface area contributed by atoms with Crippen molar-refractivity contribution in [1.29, 1.82) is 0 Å². The second kappa shape index (κ2) is 6.98. The summed E-state index contributed by atoms with van der Waals surface area (Å²) in [6.45, 7) is 5.93. The van der Waals surface area contributed by atoms with E-state index in [9.17, 15) is 10.0 Å². The maximum atomic E-state index is 12.4. The Morgan fingerprint density at radius 1 is 1.30 bits per heavy atom. The molecule has 5 heteroatoms. The second-order valence-electron chi connectivity index (χ2n) is 6.75. The number of Topliss-reactive ketones (excluding diaryl/α,β-unsaturated/α-hetero) is 1. The van der Waals surface area contributed by atoms with Gasteiger partial charge in [0.05, 0.1) is 6.54 Å². The van der Waals surface area contributed by atoms with Crippen molar-refractivity contribution in [2.24, 2.45) is 11.8 Å². The van der Waals surface area contributed by atoms with E-state index in [4.69, 9.17) is 5.21 Å². The van der Waals surface area contributed by atoms with Gasteiger partial charge in [-0.15, -0.1) is 0 Å². The fourth-order valence-corrected chi connectivity index (χ4v) is 3.59. The smallest absolute Gasteiger partial charge is 0.149 e.